The molecule has 0 fully saturated rings. The van der Waals surface area contributed by atoms with Gasteiger partial charge in [-0.3, -0.25) is 10.1 Å². The van der Waals surface area contributed by atoms with E-state index in [1.807, 2.05) is 11.9 Å². The zero-order valence-electron chi connectivity index (χ0n) is 10.8. The number of aryl methyl sites for hydroxylation is 1. The van der Waals surface area contributed by atoms with Crippen LogP contribution in [0.1, 0.15) is 24.8 Å². The Morgan fingerprint density at radius 1 is 1.44 bits per heavy atom. The summed E-state index contributed by atoms with van der Waals surface area (Å²) in [5.41, 5.74) is 0.666. The van der Waals surface area contributed by atoms with Crippen molar-refractivity contribution in [3.05, 3.63) is 27.9 Å². The Bertz CT molecular complexity index is 410. The fraction of sp³-hybridized carbons (Fsp3) is 0.583. The Labute approximate surface area is 106 Å². The summed E-state index contributed by atoms with van der Waals surface area (Å²) in [6.45, 7) is 2.76. The minimum Gasteiger partial charge on any atom is -0.396 e. The summed E-state index contributed by atoms with van der Waals surface area (Å²) in [5.74, 6) is 0.738. The molecule has 1 N–H and O–H groups in total. The molecule has 1 aromatic rings. The highest BCUT2D eigenvalue weighted by Crippen LogP contribution is 2.20. The first-order chi connectivity index (χ1) is 8.56. The van der Waals surface area contributed by atoms with Gasteiger partial charge in [-0.1, -0.05) is 0 Å². The Balaban J connectivity index is 2.61. The van der Waals surface area contributed by atoms with Crippen LogP contribution in [0.25, 0.3) is 0 Å². The van der Waals surface area contributed by atoms with Crippen LogP contribution in [0.2, 0.25) is 0 Å². The van der Waals surface area contributed by atoms with Crippen LogP contribution in [0.15, 0.2) is 12.3 Å². The maximum Gasteiger partial charge on any atom is 0.290 e. The van der Waals surface area contributed by atoms with Crippen molar-refractivity contribution in [1.29, 1.82) is 0 Å². The van der Waals surface area contributed by atoms with Gasteiger partial charge in [0.1, 0.15) is 12.0 Å². The van der Waals surface area contributed by atoms with Crippen LogP contribution in [-0.4, -0.2) is 35.2 Å². The first-order valence-corrected chi connectivity index (χ1v) is 5.99. The second-order valence-electron chi connectivity index (χ2n) is 4.29. The molecule has 0 aliphatic carbocycles. The highest BCUT2D eigenvalue weighted by atomic mass is 16.6. The van der Waals surface area contributed by atoms with Crippen molar-refractivity contribution in [2.45, 2.75) is 26.2 Å². The van der Waals surface area contributed by atoms with Crippen molar-refractivity contribution in [3.63, 3.8) is 0 Å². The fourth-order valence-corrected chi connectivity index (χ4v) is 1.69. The van der Waals surface area contributed by atoms with Crippen molar-refractivity contribution >= 4 is 11.5 Å². The molecule has 100 valence electrons. The number of pyridine rings is 1. The van der Waals surface area contributed by atoms with Gasteiger partial charge in [0, 0.05) is 25.8 Å². The quantitative estimate of drug-likeness (QED) is 0.456. The molecule has 0 spiro atoms. The van der Waals surface area contributed by atoms with Gasteiger partial charge in [0.05, 0.1) is 4.92 Å². The van der Waals surface area contributed by atoms with Crippen molar-refractivity contribution in [2.75, 3.05) is 25.1 Å². The fourth-order valence-electron chi connectivity index (χ4n) is 1.69. The maximum atomic E-state index is 10.7. The average molecular weight is 253 g/mol. The monoisotopic (exact) mass is 253 g/mol. The molecule has 0 saturated heterocycles. The minimum atomic E-state index is -0.423. The summed E-state index contributed by atoms with van der Waals surface area (Å²) >= 11 is 0. The van der Waals surface area contributed by atoms with Crippen LogP contribution in [0.5, 0.6) is 0 Å². The Kier molecular flexibility index (Phi) is 5.51. The molecule has 0 amide bonds. The Morgan fingerprint density at radius 2 is 2.17 bits per heavy atom. The average Bonchev–Trinajstić information content (AvgIpc) is 2.33. The number of hydrogen-bond acceptors (Lipinski definition) is 5. The molecule has 18 heavy (non-hydrogen) atoms. The van der Waals surface area contributed by atoms with Crippen LogP contribution in [0.4, 0.5) is 11.5 Å². The molecule has 1 heterocycles. The summed E-state index contributed by atoms with van der Waals surface area (Å²) in [7, 11) is 1.91. The lowest BCUT2D eigenvalue weighted by Crippen LogP contribution is -2.20. The lowest BCUT2D eigenvalue weighted by Gasteiger charge is -2.18. The van der Waals surface area contributed by atoms with Gasteiger partial charge in [-0.25, -0.2) is 4.98 Å². The smallest absolute Gasteiger partial charge is 0.290 e. The van der Waals surface area contributed by atoms with Crippen LogP contribution in [0, 0.1) is 17.0 Å². The molecule has 0 atom stereocenters. The van der Waals surface area contributed by atoms with Gasteiger partial charge in [0.15, 0.2) is 0 Å². The van der Waals surface area contributed by atoms with Gasteiger partial charge in [-0.2, -0.15) is 0 Å². The topological polar surface area (TPSA) is 79.5 Å². The van der Waals surface area contributed by atoms with Gasteiger partial charge in [-0.15, -0.1) is 0 Å². The summed E-state index contributed by atoms with van der Waals surface area (Å²) in [5, 5.41) is 19.4. The largest absolute Gasteiger partial charge is 0.396 e. The van der Waals surface area contributed by atoms with Gasteiger partial charge < -0.3 is 10.0 Å². The number of aliphatic hydroxyl groups is 1. The Hall–Kier alpha value is -1.69. The van der Waals surface area contributed by atoms with Crippen LogP contribution in [-0.2, 0) is 0 Å². The molecule has 0 aliphatic rings. The number of hydrogen-bond donors (Lipinski definition) is 1. The lowest BCUT2D eigenvalue weighted by atomic mass is 10.2. The highest BCUT2D eigenvalue weighted by molar-refractivity contribution is 5.48. The molecule has 0 saturated carbocycles. The van der Waals surface area contributed by atoms with E-state index in [9.17, 15) is 10.1 Å². The van der Waals surface area contributed by atoms with Gasteiger partial charge in [0.2, 0.25) is 0 Å². The van der Waals surface area contributed by atoms with Crippen molar-refractivity contribution < 1.29 is 10.0 Å². The van der Waals surface area contributed by atoms with Crippen LogP contribution < -0.4 is 4.90 Å². The SMILES string of the molecule is Cc1cc(N(C)CCCCCO)ncc1[N+](=O)[O-]. The number of nitro groups is 1. The van der Waals surface area contributed by atoms with E-state index in [0.29, 0.717) is 5.56 Å². The zero-order valence-corrected chi connectivity index (χ0v) is 10.8. The highest BCUT2D eigenvalue weighted by Gasteiger charge is 2.12. The summed E-state index contributed by atoms with van der Waals surface area (Å²) < 4.78 is 0. The third kappa shape index (κ3) is 3.96. The summed E-state index contributed by atoms with van der Waals surface area (Å²) in [6, 6.07) is 1.73. The van der Waals surface area contributed by atoms with Crippen molar-refractivity contribution in [1.82, 2.24) is 4.98 Å². The number of anilines is 1. The van der Waals surface area contributed by atoms with Crippen LogP contribution in [0.3, 0.4) is 0 Å². The molecule has 0 radical (unpaired) electrons. The zero-order chi connectivity index (χ0) is 13.5. The van der Waals surface area contributed by atoms with E-state index in [-0.39, 0.29) is 12.3 Å². The summed E-state index contributed by atoms with van der Waals surface area (Å²) in [6.07, 6.45) is 4.04. The number of aliphatic hydroxyl groups excluding tert-OH is 1. The van der Waals surface area contributed by atoms with E-state index >= 15 is 0 Å². The number of aromatic nitrogens is 1. The third-order valence-corrected chi connectivity index (χ3v) is 2.81. The number of rotatable bonds is 7. The van der Waals surface area contributed by atoms with Crippen molar-refractivity contribution in [2.24, 2.45) is 0 Å². The molecule has 0 bridgehead atoms. The summed E-state index contributed by atoms with van der Waals surface area (Å²) in [4.78, 5) is 16.3. The molecular formula is C12H19N3O3. The number of unbranched alkanes of at least 4 members (excludes halogenated alkanes) is 2. The third-order valence-electron chi connectivity index (χ3n) is 2.81. The van der Waals surface area contributed by atoms with Gasteiger partial charge in [-0.05, 0) is 32.3 Å². The second kappa shape index (κ2) is 6.90. The molecule has 0 aliphatic heterocycles. The molecule has 6 heteroatoms. The predicted octanol–water partition coefficient (Wildman–Crippen LogP) is 1.90. The lowest BCUT2D eigenvalue weighted by molar-refractivity contribution is -0.385. The maximum absolute atomic E-state index is 10.7. The first kappa shape index (κ1) is 14.4. The number of nitrogens with zero attached hydrogens (tertiary/aromatic N) is 3. The molecular weight excluding hydrogens is 234 g/mol. The van der Waals surface area contributed by atoms with E-state index in [1.165, 1.54) is 6.20 Å². The molecule has 1 aromatic heterocycles. The van der Waals surface area contributed by atoms with E-state index in [0.717, 1.165) is 31.6 Å². The van der Waals surface area contributed by atoms with Crippen LogP contribution >= 0.6 is 0 Å². The molecule has 0 aromatic carbocycles. The van der Waals surface area contributed by atoms with E-state index in [4.69, 9.17) is 5.11 Å². The Morgan fingerprint density at radius 3 is 2.72 bits per heavy atom. The minimum absolute atomic E-state index is 0.0485. The second-order valence-corrected chi connectivity index (χ2v) is 4.29. The van der Waals surface area contributed by atoms with E-state index in [1.54, 1.807) is 13.0 Å². The standard InChI is InChI=1S/C12H19N3O3/c1-10-8-12(13-9-11(10)15(17)18)14(2)6-4-3-5-7-16/h8-9,16H,3-7H2,1-2H3. The van der Waals surface area contributed by atoms with Crippen molar-refractivity contribution in [3.8, 4) is 0 Å². The van der Waals surface area contributed by atoms with Gasteiger partial charge in [0.25, 0.3) is 5.69 Å². The van der Waals surface area contributed by atoms with E-state index in [2.05, 4.69) is 4.98 Å². The molecule has 0 unspecified atom stereocenters. The predicted molar refractivity (Wildman–Crippen MR) is 69.8 cm³/mol. The van der Waals surface area contributed by atoms with E-state index < -0.39 is 4.92 Å². The molecule has 6 nitrogen and oxygen atoms in total. The molecule has 1 rings (SSSR count). The first-order valence-electron chi connectivity index (χ1n) is 5.99. The normalized spacial score (nSPS) is 10.4. The van der Waals surface area contributed by atoms with Gasteiger partial charge >= 0.3 is 0 Å².